The smallest absolute Gasteiger partial charge is 0.322 e. The Morgan fingerprint density at radius 2 is 1.95 bits per heavy atom. The number of nitrogens with one attached hydrogen (secondary N) is 1. The Kier molecular flexibility index (Phi) is 5.23. The van der Waals surface area contributed by atoms with E-state index >= 15 is 0 Å². The monoisotopic (exact) mass is 312 g/mol. The van der Waals surface area contributed by atoms with Gasteiger partial charge in [0, 0.05) is 13.6 Å². The standard InChI is InChI=1S/C13H20N4O5/c1-5-13(6-2,12(19)20)7-14-11(18)10-9(17(21)22)8(3)15-16(10)4/h5-7H2,1-4H3,(H,14,18)(H,19,20). The zero-order chi connectivity index (χ0) is 17.1. The van der Waals surface area contributed by atoms with Crippen LogP contribution in [-0.2, 0) is 11.8 Å². The minimum atomic E-state index is -1.09. The topological polar surface area (TPSA) is 127 Å². The van der Waals surface area contributed by atoms with E-state index in [4.69, 9.17) is 0 Å². The van der Waals surface area contributed by atoms with E-state index in [-0.39, 0.29) is 23.6 Å². The van der Waals surface area contributed by atoms with Crippen LogP contribution in [0.4, 0.5) is 5.69 Å². The quantitative estimate of drug-likeness (QED) is 0.576. The van der Waals surface area contributed by atoms with Gasteiger partial charge in [-0.15, -0.1) is 0 Å². The number of aliphatic carboxylic acids is 1. The Bertz CT molecular complexity index is 604. The number of carboxylic acids is 1. The number of rotatable bonds is 7. The second kappa shape index (κ2) is 6.54. The van der Waals surface area contributed by atoms with E-state index in [0.717, 1.165) is 4.68 Å². The minimum absolute atomic E-state index is 0.102. The molecule has 9 heteroatoms. The summed E-state index contributed by atoms with van der Waals surface area (Å²) < 4.78 is 1.13. The van der Waals surface area contributed by atoms with Crippen molar-refractivity contribution >= 4 is 17.6 Å². The second-order valence-corrected chi connectivity index (χ2v) is 5.14. The minimum Gasteiger partial charge on any atom is -0.481 e. The average molecular weight is 312 g/mol. The summed E-state index contributed by atoms with van der Waals surface area (Å²) in [5.74, 6) is -1.71. The summed E-state index contributed by atoms with van der Waals surface area (Å²) in [4.78, 5) is 34.0. The molecule has 22 heavy (non-hydrogen) atoms. The van der Waals surface area contributed by atoms with Crippen LogP contribution < -0.4 is 5.32 Å². The SMILES string of the molecule is CCC(CC)(CNC(=O)c1c([N+](=O)[O-])c(C)nn1C)C(=O)O. The highest BCUT2D eigenvalue weighted by Gasteiger charge is 2.36. The van der Waals surface area contributed by atoms with Gasteiger partial charge in [0.15, 0.2) is 0 Å². The number of carboxylic acid groups (broad SMARTS) is 1. The van der Waals surface area contributed by atoms with Crippen molar-refractivity contribution in [3.63, 3.8) is 0 Å². The lowest BCUT2D eigenvalue weighted by Gasteiger charge is -2.26. The Morgan fingerprint density at radius 1 is 1.41 bits per heavy atom. The average Bonchev–Trinajstić information content (AvgIpc) is 2.74. The van der Waals surface area contributed by atoms with Crippen LogP contribution in [0.5, 0.6) is 0 Å². The molecule has 1 aromatic heterocycles. The predicted octanol–water partition coefficient (Wildman–Crippen LogP) is 1.26. The van der Waals surface area contributed by atoms with Crippen molar-refractivity contribution in [3.05, 3.63) is 21.5 Å². The Morgan fingerprint density at radius 3 is 2.36 bits per heavy atom. The van der Waals surface area contributed by atoms with Gasteiger partial charge in [0.2, 0.25) is 5.69 Å². The molecular formula is C13H20N4O5. The zero-order valence-electron chi connectivity index (χ0n) is 13.0. The molecule has 0 aliphatic heterocycles. The van der Waals surface area contributed by atoms with Crippen molar-refractivity contribution in [2.75, 3.05) is 6.54 Å². The fourth-order valence-corrected chi connectivity index (χ4v) is 2.33. The summed E-state index contributed by atoms with van der Waals surface area (Å²) in [7, 11) is 1.43. The van der Waals surface area contributed by atoms with Gasteiger partial charge >= 0.3 is 11.7 Å². The first-order valence-electron chi connectivity index (χ1n) is 6.89. The van der Waals surface area contributed by atoms with Crippen LogP contribution in [0.25, 0.3) is 0 Å². The van der Waals surface area contributed by atoms with E-state index in [0.29, 0.717) is 12.8 Å². The molecule has 0 spiro atoms. The lowest BCUT2D eigenvalue weighted by atomic mass is 9.82. The zero-order valence-corrected chi connectivity index (χ0v) is 13.0. The lowest BCUT2D eigenvalue weighted by Crippen LogP contribution is -2.42. The van der Waals surface area contributed by atoms with Crippen LogP contribution in [0, 0.1) is 22.5 Å². The third-order valence-corrected chi connectivity index (χ3v) is 3.98. The van der Waals surface area contributed by atoms with Gasteiger partial charge in [-0.3, -0.25) is 24.4 Å². The first-order chi connectivity index (χ1) is 10.2. The van der Waals surface area contributed by atoms with Gasteiger partial charge in [-0.25, -0.2) is 0 Å². The van der Waals surface area contributed by atoms with Crippen LogP contribution in [0.2, 0.25) is 0 Å². The third-order valence-electron chi connectivity index (χ3n) is 3.98. The molecule has 0 atom stereocenters. The number of carbonyl (C=O) groups excluding carboxylic acids is 1. The normalized spacial score (nSPS) is 11.3. The maximum atomic E-state index is 12.2. The molecule has 0 radical (unpaired) electrons. The molecule has 0 fully saturated rings. The molecule has 1 rings (SSSR count). The molecule has 0 aliphatic rings. The highest BCUT2D eigenvalue weighted by atomic mass is 16.6. The van der Waals surface area contributed by atoms with Crippen LogP contribution in [0.1, 0.15) is 42.9 Å². The number of amides is 1. The molecule has 9 nitrogen and oxygen atoms in total. The van der Waals surface area contributed by atoms with E-state index in [1.54, 1.807) is 13.8 Å². The van der Waals surface area contributed by atoms with Crippen LogP contribution in [0.3, 0.4) is 0 Å². The Labute approximate surface area is 127 Å². The van der Waals surface area contributed by atoms with Gasteiger partial charge in [-0.05, 0) is 19.8 Å². The Balaban J connectivity index is 3.05. The van der Waals surface area contributed by atoms with Gasteiger partial charge in [0.25, 0.3) is 5.91 Å². The molecule has 122 valence electrons. The van der Waals surface area contributed by atoms with E-state index in [2.05, 4.69) is 10.4 Å². The summed E-state index contributed by atoms with van der Waals surface area (Å²) in [6.07, 6.45) is 0.678. The maximum Gasteiger partial charge on any atom is 0.322 e. The maximum absolute atomic E-state index is 12.2. The van der Waals surface area contributed by atoms with Crippen molar-refractivity contribution in [1.29, 1.82) is 0 Å². The molecule has 0 unspecified atom stereocenters. The van der Waals surface area contributed by atoms with E-state index in [1.165, 1.54) is 14.0 Å². The van der Waals surface area contributed by atoms with Crippen molar-refractivity contribution in [2.45, 2.75) is 33.6 Å². The van der Waals surface area contributed by atoms with Gasteiger partial charge < -0.3 is 10.4 Å². The van der Waals surface area contributed by atoms with Crippen molar-refractivity contribution in [1.82, 2.24) is 15.1 Å². The molecule has 0 bridgehead atoms. The van der Waals surface area contributed by atoms with E-state index < -0.39 is 22.2 Å². The molecule has 0 saturated heterocycles. The number of nitrogens with zero attached hydrogens (tertiary/aromatic N) is 3. The molecule has 2 N–H and O–H groups in total. The molecular weight excluding hydrogens is 292 g/mol. The van der Waals surface area contributed by atoms with Gasteiger partial charge in [0.05, 0.1) is 10.3 Å². The summed E-state index contributed by atoms with van der Waals surface area (Å²) >= 11 is 0. The highest BCUT2D eigenvalue weighted by Crippen LogP contribution is 2.27. The molecule has 1 amide bonds. The van der Waals surface area contributed by atoms with E-state index in [9.17, 15) is 24.8 Å². The largest absolute Gasteiger partial charge is 0.481 e. The molecule has 1 aromatic rings. The van der Waals surface area contributed by atoms with Crippen LogP contribution in [0.15, 0.2) is 0 Å². The number of aryl methyl sites for hydroxylation is 2. The van der Waals surface area contributed by atoms with Crippen molar-refractivity contribution < 1.29 is 19.6 Å². The van der Waals surface area contributed by atoms with Crippen molar-refractivity contribution in [2.24, 2.45) is 12.5 Å². The molecule has 1 heterocycles. The first kappa shape index (κ1) is 17.6. The molecule has 0 aliphatic carbocycles. The van der Waals surface area contributed by atoms with Crippen molar-refractivity contribution in [3.8, 4) is 0 Å². The number of hydrogen-bond donors (Lipinski definition) is 2. The first-order valence-corrected chi connectivity index (χ1v) is 6.89. The van der Waals surface area contributed by atoms with E-state index in [1.807, 2.05) is 0 Å². The third kappa shape index (κ3) is 3.07. The number of carbonyl (C=O) groups is 2. The fraction of sp³-hybridized carbons (Fsp3) is 0.615. The summed E-state index contributed by atoms with van der Waals surface area (Å²) in [6.45, 7) is 4.78. The van der Waals surface area contributed by atoms with Gasteiger partial charge in [-0.1, -0.05) is 13.8 Å². The predicted molar refractivity (Wildman–Crippen MR) is 77.6 cm³/mol. The fourth-order valence-electron chi connectivity index (χ4n) is 2.33. The number of hydrogen-bond acceptors (Lipinski definition) is 5. The van der Waals surface area contributed by atoms with Gasteiger partial charge in [-0.2, -0.15) is 5.10 Å². The lowest BCUT2D eigenvalue weighted by molar-refractivity contribution is -0.385. The summed E-state index contributed by atoms with van der Waals surface area (Å²) in [5, 5.41) is 26.8. The van der Waals surface area contributed by atoms with Crippen LogP contribution >= 0.6 is 0 Å². The molecule has 0 aromatic carbocycles. The summed E-state index contributed by atoms with van der Waals surface area (Å²) in [5.41, 5.74) is -1.51. The van der Waals surface area contributed by atoms with Gasteiger partial charge in [0.1, 0.15) is 5.69 Å². The summed E-state index contributed by atoms with van der Waals surface area (Å²) in [6, 6.07) is 0. The number of aromatic nitrogens is 2. The highest BCUT2D eigenvalue weighted by molar-refractivity contribution is 5.97. The van der Waals surface area contributed by atoms with Crippen LogP contribution in [-0.4, -0.2) is 38.2 Å². The second-order valence-electron chi connectivity index (χ2n) is 5.14. The number of nitro groups is 1. The molecule has 0 saturated carbocycles. The Hall–Kier alpha value is -2.45.